The lowest BCUT2D eigenvalue weighted by atomic mass is 10.1. The number of aromatic carboxylic acids is 1. The molecule has 0 amide bonds. The summed E-state index contributed by atoms with van der Waals surface area (Å²) in [5.41, 5.74) is 1.77. The van der Waals surface area contributed by atoms with E-state index in [2.05, 4.69) is 18.8 Å². The van der Waals surface area contributed by atoms with Crippen molar-refractivity contribution in [2.45, 2.75) is 19.9 Å². The van der Waals surface area contributed by atoms with Crippen LogP contribution in [0.4, 0.5) is 0 Å². The molecule has 1 aromatic carbocycles. The zero-order valence-electron chi connectivity index (χ0n) is 10.5. The van der Waals surface area contributed by atoms with E-state index in [1.165, 1.54) is 0 Å². The van der Waals surface area contributed by atoms with Gasteiger partial charge in [0.1, 0.15) is 0 Å². The van der Waals surface area contributed by atoms with Gasteiger partial charge in [-0.05, 0) is 24.8 Å². The Morgan fingerprint density at radius 1 is 1.56 bits per heavy atom. The number of aromatic nitrogens is 2. The average molecular weight is 264 g/mol. The van der Waals surface area contributed by atoms with E-state index in [9.17, 15) is 9.90 Å². The number of hydrogen-bond acceptors (Lipinski definition) is 3. The van der Waals surface area contributed by atoms with Crippen molar-refractivity contribution in [3.8, 4) is 0 Å². The van der Waals surface area contributed by atoms with Crippen molar-refractivity contribution in [3.63, 3.8) is 0 Å². The third-order valence-electron chi connectivity index (χ3n) is 2.86. The van der Waals surface area contributed by atoms with Gasteiger partial charge in [0.05, 0.1) is 22.9 Å². The molecule has 0 bridgehead atoms. The molecular weight excluding hydrogens is 248 g/mol. The molecule has 1 unspecified atom stereocenters. The lowest BCUT2D eigenvalue weighted by Gasteiger charge is -2.14. The highest BCUT2D eigenvalue weighted by Crippen LogP contribution is 2.23. The summed E-state index contributed by atoms with van der Waals surface area (Å²) in [4.78, 5) is 15.5. The van der Waals surface area contributed by atoms with E-state index in [1.807, 2.05) is 22.4 Å². The summed E-state index contributed by atoms with van der Waals surface area (Å²) in [6.45, 7) is 4.20. The van der Waals surface area contributed by atoms with Crippen LogP contribution in [0.3, 0.4) is 0 Å². The number of fused-ring (bicyclic) bond motifs is 1. The van der Waals surface area contributed by atoms with E-state index in [-0.39, 0.29) is 6.04 Å². The zero-order chi connectivity index (χ0) is 13.1. The standard InChI is InChI=1S/C13H16N2O2S/c1-3-18-7-9(2)15-8-14-11-6-4-5-10(12(11)15)13(16)17/h4-6,8-9H,3,7H2,1-2H3,(H,16,17). The largest absolute Gasteiger partial charge is 0.478 e. The minimum absolute atomic E-state index is 0.237. The van der Waals surface area contributed by atoms with Crippen molar-refractivity contribution in [3.05, 3.63) is 30.1 Å². The molecule has 2 rings (SSSR count). The van der Waals surface area contributed by atoms with Gasteiger partial charge in [-0.15, -0.1) is 0 Å². The van der Waals surface area contributed by atoms with Gasteiger partial charge in [-0.3, -0.25) is 0 Å². The fourth-order valence-electron chi connectivity index (χ4n) is 1.96. The Hall–Kier alpha value is -1.49. The molecule has 0 saturated heterocycles. The highest BCUT2D eigenvalue weighted by Gasteiger charge is 2.16. The normalized spacial score (nSPS) is 12.8. The number of carboxylic acids is 1. The van der Waals surface area contributed by atoms with Gasteiger partial charge < -0.3 is 9.67 Å². The fourth-order valence-corrected chi connectivity index (χ4v) is 2.70. The first-order valence-corrected chi connectivity index (χ1v) is 7.07. The van der Waals surface area contributed by atoms with Crippen molar-refractivity contribution in [1.82, 2.24) is 9.55 Å². The number of imidazole rings is 1. The van der Waals surface area contributed by atoms with E-state index in [0.29, 0.717) is 11.1 Å². The van der Waals surface area contributed by atoms with E-state index < -0.39 is 5.97 Å². The maximum Gasteiger partial charge on any atom is 0.337 e. The Morgan fingerprint density at radius 2 is 2.33 bits per heavy atom. The molecule has 96 valence electrons. The summed E-state index contributed by atoms with van der Waals surface area (Å²) in [5.74, 6) is 1.11. The highest BCUT2D eigenvalue weighted by molar-refractivity contribution is 7.99. The van der Waals surface area contributed by atoms with Crippen LogP contribution in [-0.2, 0) is 0 Å². The molecule has 18 heavy (non-hydrogen) atoms. The van der Waals surface area contributed by atoms with Crippen LogP contribution in [0.5, 0.6) is 0 Å². The van der Waals surface area contributed by atoms with Crippen molar-refractivity contribution >= 4 is 28.8 Å². The Labute approximate surface area is 110 Å². The third-order valence-corrected chi connectivity index (χ3v) is 3.99. The molecule has 0 aliphatic carbocycles. The molecule has 1 heterocycles. The van der Waals surface area contributed by atoms with Crippen LogP contribution in [0.2, 0.25) is 0 Å². The summed E-state index contributed by atoms with van der Waals surface area (Å²) >= 11 is 1.84. The molecule has 4 nitrogen and oxygen atoms in total. The molecule has 1 N–H and O–H groups in total. The van der Waals surface area contributed by atoms with Crippen LogP contribution in [0.1, 0.15) is 30.2 Å². The van der Waals surface area contributed by atoms with Gasteiger partial charge in [-0.1, -0.05) is 13.0 Å². The molecule has 0 saturated carbocycles. The fraction of sp³-hybridized carbons (Fsp3) is 0.385. The summed E-state index contributed by atoms with van der Waals surface area (Å²) in [6.07, 6.45) is 1.73. The van der Waals surface area contributed by atoms with Gasteiger partial charge >= 0.3 is 5.97 Å². The minimum atomic E-state index is -0.905. The number of para-hydroxylation sites is 1. The van der Waals surface area contributed by atoms with Gasteiger partial charge in [-0.2, -0.15) is 11.8 Å². The predicted octanol–water partition coefficient (Wildman–Crippen LogP) is 3.05. The van der Waals surface area contributed by atoms with Gasteiger partial charge in [0.25, 0.3) is 0 Å². The average Bonchev–Trinajstić information content (AvgIpc) is 2.79. The number of nitrogens with zero attached hydrogens (tertiary/aromatic N) is 2. The van der Waals surface area contributed by atoms with Crippen LogP contribution in [0.15, 0.2) is 24.5 Å². The maximum atomic E-state index is 11.3. The van der Waals surface area contributed by atoms with Gasteiger partial charge in [-0.25, -0.2) is 9.78 Å². The van der Waals surface area contributed by atoms with E-state index in [4.69, 9.17) is 0 Å². The maximum absolute atomic E-state index is 11.3. The number of hydrogen-bond donors (Lipinski definition) is 1. The predicted molar refractivity (Wildman–Crippen MR) is 74.4 cm³/mol. The molecular formula is C13H16N2O2S. The van der Waals surface area contributed by atoms with Crippen molar-refractivity contribution in [2.75, 3.05) is 11.5 Å². The van der Waals surface area contributed by atoms with Crippen LogP contribution in [-0.4, -0.2) is 32.1 Å². The van der Waals surface area contributed by atoms with Crippen LogP contribution in [0, 0.1) is 0 Å². The Kier molecular flexibility index (Phi) is 3.91. The first-order chi connectivity index (χ1) is 8.65. The lowest BCUT2D eigenvalue weighted by Crippen LogP contribution is -2.09. The number of thioether (sulfide) groups is 1. The summed E-state index contributed by atoms with van der Waals surface area (Å²) in [6, 6.07) is 5.44. The number of carboxylic acid groups (broad SMARTS) is 1. The lowest BCUT2D eigenvalue weighted by molar-refractivity contribution is 0.0698. The Morgan fingerprint density at radius 3 is 3.00 bits per heavy atom. The SMILES string of the molecule is CCSCC(C)n1cnc2cccc(C(=O)O)c21. The van der Waals surface area contributed by atoms with E-state index >= 15 is 0 Å². The molecule has 0 aliphatic rings. The highest BCUT2D eigenvalue weighted by atomic mass is 32.2. The molecule has 2 aromatic rings. The first-order valence-electron chi connectivity index (χ1n) is 5.91. The summed E-state index contributed by atoms with van der Waals surface area (Å²) in [5, 5.41) is 9.24. The minimum Gasteiger partial charge on any atom is -0.478 e. The summed E-state index contributed by atoms with van der Waals surface area (Å²) in [7, 11) is 0. The van der Waals surface area contributed by atoms with E-state index in [0.717, 1.165) is 17.0 Å². The van der Waals surface area contributed by atoms with Crippen LogP contribution < -0.4 is 0 Å². The van der Waals surface area contributed by atoms with Crippen molar-refractivity contribution in [1.29, 1.82) is 0 Å². The molecule has 0 fully saturated rings. The molecule has 1 aromatic heterocycles. The first kappa shape index (κ1) is 13.0. The van der Waals surface area contributed by atoms with Gasteiger partial charge in [0.2, 0.25) is 0 Å². The Bertz CT molecular complexity index is 565. The van der Waals surface area contributed by atoms with Gasteiger partial charge in [0.15, 0.2) is 0 Å². The third kappa shape index (κ3) is 2.36. The van der Waals surface area contributed by atoms with Crippen LogP contribution >= 0.6 is 11.8 Å². The Balaban J connectivity index is 2.48. The molecule has 1 atom stereocenters. The van der Waals surface area contributed by atoms with Crippen molar-refractivity contribution < 1.29 is 9.90 Å². The number of rotatable bonds is 5. The number of benzene rings is 1. The second-order valence-electron chi connectivity index (χ2n) is 4.14. The molecule has 0 radical (unpaired) electrons. The zero-order valence-corrected chi connectivity index (χ0v) is 11.3. The molecule has 0 spiro atoms. The second-order valence-corrected chi connectivity index (χ2v) is 5.46. The number of carbonyl (C=O) groups is 1. The summed E-state index contributed by atoms with van der Waals surface area (Å²) < 4.78 is 1.96. The van der Waals surface area contributed by atoms with Crippen molar-refractivity contribution in [2.24, 2.45) is 0 Å². The topological polar surface area (TPSA) is 55.1 Å². The van der Waals surface area contributed by atoms with Gasteiger partial charge in [0, 0.05) is 11.8 Å². The smallest absolute Gasteiger partial charge is 0.337 e. The quantitative estimate of drug-likeness (QED) is 0.901. The van der Waals surface area contributed by atoms with E-state index in [1.54, 1.807) is 18.5 Å². The molecule has 5 heteroatoms. The molecule has 0 aliphatic heterocycles. The second kappa shape index (κ2) is 5.44. The monoisotopic (exact) mass is 264 g/mol. The van der Waals surface area contributed by atoms with Crippen LogP contribution in [0.25, 0.3) is 11.0 Å².